The van der Waals surface area contributed by atoms with Gasteiger partial charge >= 0.3 is 0 Å². The van der Waals surface area contributed by atoms with Gasteiger partial charge in [0.2, 0.25) is 5.91 Å². The number of nitrogens with zero attached hydrogens (tertiary/aromatic N) is 3. The predicted octanol–water partition coefficient (Wildman–Crippen LogP) is 0.120. The number of rotatable bonds is 4. The number of hydrogen-bond acceptors (Lipinski definition) is 6. The number of aromatic nitrogens is 1. The molecule has 3 N–H and O–H groups in total. The third-order valence-electron chi connectivity index (χ3n) is 3.40. The van der Waals surface area contributed by atoms with Crippen LogP contribution in [0.1, 0.15) is 20.4 Å². The van der Waals surface area contributed by atoms with Crippen molar-refractivity contribution in [2.24, 2.45) is 5.73 Å². The quantitative estimate of drug-likeness (QED) is 0.770. The molecule has 1 aliphatic heterocycles. The number of nitrogens with one attached hydrogen (secondary N) is 1. The van der Waals surface area contributed by atoms with Crippen LogP contribution in [0.15, 0.2) is 0 Å². The van der Waals surface area contributed by atoms with Crippen LogP contribution in [-0.4, -0.2) is 66.9 Å². The van der Waals surface area contributed by atoms with Crippen molar-refractivity contribution in [2.75, 3.05) is 34.2 Å². The van der Waals surface area contributed by atoms with Crippen LogP contribution in [0.2, 0.25) is 0 Å². The van der Waals surface area contributed by atoms with E-state index in [-0.39, 0.29) is 43.2 Å². The molecule has 10 heteroatoms. The summed E-state index contributed by atoms with van der Waals surface area (Å²) in [5.41, 5.74) is 6.56. The van der Waals surface area contributed by atoms with E-state index in [2.05, 4.69) is 15.2 Å². The predicted molar refractivity (Wildman–Crippen MR) is 95.7 cm³/mol. The fraction of sp³-hybridized carbons (Fsp3) is 0.615. The molecule has 7 nitrogen and oxygen atoms in total. The molecule has 23 heavy (non-hydrogen) atoms. The van der Waals surface area contributed by atoms with Crippen LogP contribution in [0.3, 0.4) is 0 Å². The topological polar surface area (TPSA) is 91.6 Å². The van der Waals surface area contributed by atoms with Crippen LogP contribution < -0.4 is 11.1 Å². The van der Waals surface area contributed by atoms with Gasteiger partial charge in [-0.3, -0.25) is 9.59 Å². The summed E-state index contributed by atoms with van der Waals surface area (Å²) >= 11 is 1.39. The number of amides is 2. The number of thiazole rings is 1. The molecule has 0 spiro atoms. The van der Waals surface area contributed by atoms with E-state index in [1.807, 2.05) is 7.05 Å². The summed E-state index contributed by atoms with van der Waals surface area (Å²) in [5, 5.41) is 3.07. The minimum Gasteiger partial charge on any atom is -0.347 e. The largest absolute Gasteiger partial charge is 0.347 e. The number of fused-ring (bicyclic) bond motifs is 1. The van der Waals surface area contributed by atoms with E-state index < -0.39 is 6.04 Å². The van der Waals surface area contributed by atoms with Gasteiger partial charge in [-0.2, -0.15) is 0 Å². The number of nitrogens with two attached hydrogens (primary N) is 1. The lowest BCUT2D eigenvalue weighted by Crippen LogP contribution is -2.50. The highest BCUT2D eigenvalue weighted by Gasteiger charge is 2.25. The molecule has 1 aliphatic rings. The lowest BCUT2D eigenvalue weighted by atomic mass is 10.2. The SMILES string of the molecule is CN1CCc2nc(C(=O)N[C@@H](CN)C(=O)N(C)C)sc2C1.Cl.Cl. The molecule has 0 saturated carbocycles. The zero-order valence-electron chi connectivity index (χ0n) is 13.4. The fourth-order valence-corrected chi connectivity index (χ4v) is 3.26. The normalized spacial score (nSPS) is 14.8. The zero-order chi connectivity index (χ0) is 15.6. The van der Waals surface area contributed by atoms with Crippen molar-refractivity contribution in [1.82, 2.24) is 20.1 Å². The highest BCUT2D eigenvalue weighted by Crippen LogP contribution is 2.24. The van der Waals surface area contributed by atoms with Crippen LogP contribution in [0, 0.1) is 0 Å². The van der Waals surface area contributed by atoms with E-state index in [4.69, 9.17) is 5.73 Å². The molecule has 132 valence electrons. The maximum atomic E-state index is 12.2. The lowest BCUT2D eigenvalue weighted by Gasteiger charge is -2.20. The summed E-state index contributed by atoms with van der Waals surface area (Å²) in [5.74, 6) is -0.547. The maximum absolute atomic E-state index is 12.2. The second kappa shape index (κ2) is 9.39. The van der Waals surface area contributed by atoms with Crippen LogP contribution in [0.4, 0.5) is 0 Å². The molecule has 1 aromatic heterocycles. The van der Waals surface area contributed by atoms with Gasteiger partial charge in [-0.25, -0.2) is 4.98 Å². The van der Waals surface area contributed by atoms with Crippen molar-refractivity contribution in [3.63, 3.8) is 0 Å². The average Bonchev–Trinajstić information content (AvgIpc) is 2.86. The monoisotopic (exact) mass is 383 g/mol. The molecule has 0 saturated heterocycles. The number of likely N-dealkylation sites (N-methyl/N-ethyl adjacent to an activating group) is 2. The van der Waals surface area contributed by atoms with E-state index in [9.17, 15) is 9.59 Å². The van der Waals surface area contributed by atoms with Crippen LogP contribution in [0.25, 0.3) is 0 Å². The van der Waals surface area contributed by atoms with Crippen LogP contribution in [-0.2, 0) is 17.8 Å². The Balaban J connectivity index is 0.00000242. The number of carbonyl (C=O) groups excluding carboxylic acids is 2. The zero-order valence-corrected chi connectivity index (χ0v) is 15.8. The van der Waals surface area contributed by atoms with E-state index >= 15 is 0 Å². The molecule has 0 aliphatic carbocycles. The molecule has 0 radical (unpaired) electrons. The van der Waals surface area contributed by atoms with Gasteiger partial charge in [-0.15, -0.1) is 36.2 Å². The summed E-state index contributed by atoms with van der Waals surface area (Å²) in [4.78, 5) is 33.2. The summed E-state index contributed by atoms with van der Waals surface area (Å²) in [6.45, 7) is 1.83. The fourth-order valence-electron chi connectivity index (χ4n) is 2.17. The third-order valence-corrected chi connectivity index (χ3v) is 4.48. The molecule has 0 unspecified atom stereocenters. The van der Waals surface area contributed by atoms with Gasteiger partial charge in [0, 0.05) is 45.0 Å². The minimum absolute atomic E-state index is 0. The van der Waals surface area contributed by atoms with E-state index in [1.54, 1.807) is 14.1 Å². The lowest BCUT2D eigenvalue weighted by molar-refractivity contribution is -0.130. The maximum Gasteiger partial charge on any atom is 0.280 e. The van der Waals surface area contributed by atoms with Gasteiger partial charge in [0.05, 0.1) is 5.69 Å². The Morgan fingerprint density at radius 2 is 2.09 bits per heavy atom. The van der Waals surface area contributed by atoms with Crippen molar-refractivity contribution >= 4 is 48.0 Å². The van der Waals surface area contributed by atoms with E-state index in [0.29, 0.717) is 5.01 Å². The molecule has 2 rings (SSSR count). The molecule has 1 aromatic rings. The Kier molecular flexibility index (Phi) is 9.01. The van der Waals surface area contributed by atoms with Crippen molar-refractivity contribution in [3.05, 3.63) is 15.6 Å². The van der Waals surface area contributed by atoms with E-state index in [0.717, 1.165) is 30.1 Å². The van der Waals surface area contributed by atoms with Gasteiger partial charge < -0.3 is 20.9 Å². The van der Waals surface area contributed by atoms with Crippen LogP contribution in [0.5, 0.6) is 0 Å². The first kappa shape index (κ1) is 22.1. The first-order valence-corrected chi connectivity index (χ1v) is 7.63. The van der Waals surface area contributed by atoms with Gasteiger partial charge in [-0.05, 0) is 7.05 Å². The van der Waals surface area contributed by atoms with Gasteiger partial charge in [0.1, 0.15) is 6.04 Å². The second-order valence-corrected chi connectivity index (χ2v) is 6.45. The van der Waals surface area contributed by atoms with Crippen molar-refractivity contribution in [3.8, 4) is 0 Å². The van der Waals surface area contributed by atoms with Gasteiger partial charge in [0.15, 0.2) is 5.01 Å². The second-order valence-electron chi connectivity index (χ2n) is 5.37. The molecule has 0 fully saturated rings. The Labute approximate surface area is 152 Å². The van der Waals surface area contributed by atoms with E-state index in [1.165, 1.54) is 16.2 Å². The summed E-state index contributed by atoms with van der Waals surface area (Å²) < 4.78 is 0. The Hall–Kier alpha value is -0.930. The first-order chi connectivity index (χ1) is 9.92. The molecule has 0 aromatic carbocycles. The third kappa shape index (κ3) is 5.29. The molecule has 2 heterocycles. The minimum atomic E-state index is -0.712. The van der Waals surface area contributed by atoms with Gasteiger partial charge in [0.25, 0.3) is 5.91 Å². The molecular formula is C13H23Cl2N5O2S. The Morgan fingerprint density at radius 1 is 1.43 bits per heavy atom. The highest BCUT2D eigenvalue weighted by molar-refractivity contribution is 7.13. The smallest absolute Gasteiger partial charge is 0.280 e. The first-order valence-electron chi connectivity index (χ1n) is 6.81. The summed E-state index contributed by atoms with van der Waals surface area (Å²) in [7, 11) is 5.31. The van der Waals surface area contributed by atoms with Gasteiger partial charge in [-0.1, -0.05) is 0 Å². The summed E-state index contributed by atoms with van der Waals surface area (Å²) in [6.07, 6.45) is 0.854. The Bertz CT molecular complexity index is 552. The number of carbonyl (C=O) groups is 2. The number of hydrogen-bond donors (Lipinski definition) is 2. The molecule has 2 amide bonds. The van der Waals surface area contributed by atoms with Crippen molar-refractivity contribution < 1.29 is 9.59 Å². The molecular weight excluding hydrogens is 361 g/mol. The van der Waals surface area contributed by atoms with Crippen molar-refractivity contribution in [1.29, 1.82) is 0 Å². The Morgan fingerprint density at radius 3 is 2.65 bits per heavy atom. The highest BCUT2D eigenvalue weighted by atomic mass is 35.5. The summed E-state index contributed by atoms with van der Waals surface area (Å²) in [6, 6.07) is -0.712. The standard InChI is InChI=1S/C13H21N5O2S.2ClH/c1-17(2)13(20)9(6-14)15-11(19)12-16-8-4-5-18(3)7-10(8)21-12;;/h9H,4-7,14H2,1-3H3,(H,15,19);2*1H/t9-;;/m0../s1. The van der Waals surface area contributed by atoms with Crippen LogP contribution >= 0.6 is 36.2 Å². The molecule has 1 atom stereocenters. The van der Waals surface area contributed by atoms with Crippen molar-refractivity contribution in [2.45, 2.75) is 19.0 Å². The molecule has 0 bridgehead atoms. The average molecular weight is 384 g/mol. The number of halogens is 2.